The topological polar surface area (TPSA) is 108 Å². The standard InChI is InChI=1S/C26H29N2O6PSi/c1-7-26(34-35(31)32)18-12-20-21-16(13-28(20)23(29)17(18)14-33-24(26)30)22(36(5,6)25(2,3)4)15-10-8-9-11-19(15)27-21/h8-12H,7,13-14H2,1-6H3/p+1/t26-/m0/s1. The van der Waals surface area contributed by atoms with E-state index >= 15 is 0 Å². The second-order valence-corrected chi connectivity index (χ2v) is 17.0. The van der Waals surface area contributed by atoms with Gasteiger partial charge in [0, 0.05) is 10.1 Å². The lowest BCUT2D eigenvalue weighted by atomic mass is 9.86. The number of esters is 1. The minimum Gasteiger partial charge on any atom is -0.458 e. The first-order valence-corrected chi connectivity index (χ1v) is 16.2. The van der Waals surface area contributed by atoms with Crippen molar-refractivity contribution in [1.29, 1.82) is 0 Å². The molecule has 0 bridgehead atoms. The molecule has 0 saturated carbocycles. The van der Waals surface area contributed by atoms with Gasteiger partial charge in [-0.05, 0) is 39.7 Å². The van der Waals surface area contributed by atoms with Crippen molar-refractivity contribution >= 4 is 38.4 Å². The lowest BCUT2D eigenvalue weighted by molar-refractivity contribution is -0.169. The van der Waals surface area contributed by atoms with Gasteiger partial charge in [0.1, 0.15) is 6.61 Å². The third-order valence-electron chi connectivity index (χ3n) is 8.30. The number of benzene rings is 1. The largest absolute Gasteiger partial charge is 0.696 e. The maximum absolute atomic E-state index is 13.8. The number of hydrogen-bond acceptors (Lipinski definition) is 6. The van der Waals surface area contributed by atoms with Gasteiger partial charge in [-0.1, -0.05) is 63.5 Å². The highest BCUT2D eigenvalue weighted by Crippen LogP contribution is 2.45. The Morgan fingerprint density at radius 2 is 1.92 bits per heavy atom. The summed E-state index contributed by atoms with van der Waals surface area (Å²) in [6.07, 6.45) is 0.0383. The van der Waals surface area contributed by atoms with Gasteiger partial charge in [-0.15, -0.1) is 4.89 Å². The predicted molar refractivity (Wildman–Crippen MR) is 140 cm³/mol. The second-order valence-electron chi connectivity index (χ2n) is 11.1. The number of cyclic esters (lactones) is 1. The molecule has 1 unspecified atom stereocenters. The molecule has 0 fully saturated rings. The van der Waals surface area contributed by atoms with E-state index in [1.54, 1.807) is 17.6 Å². The monoisotopic (exact) mass is 525 g/mol. The molecule has 0 radical (unpaired) electrons. The quantitative estimate of drug-likeness (QED) is 0.238. The molecular weight excluding hydrogens is 495 g/mol. The summed E-state index contributed by atoms with van der Waals surface area (Å²) in [5.41, 5.74) is 1.61. The van der Waals surface area contributed by atoms with Crippen molar-refractivity contribution in [3.05, 3.63) is 57.4 Å². The fourth-order valence-electron chi connectivity index (χ4n) is 5.39. The minimum atomic E-state index is -3.12. The summed E-state index contributed by atoms with van der Waals surface area (Å²) in [6.45, 7) is 13.3. The zero-order valence-electron chi connectivity index (χ0n) is 21.3. The Bertz CT molecular complexity index is 1520. The lowest BCUT2D eigenvalue weighted by Gasteiger charge is -2.39. The van der Waals surface area contributed by atoms with Gasteiger partial charge in [-0.25, -0.2) is 9.78 Å². The molecule has 1 aromatic carbocycles. The van der Waals surface area contributed by atoms with E-state index in [0.29, 0.717) is 17.9 Å². The highest BCUT2D eigenvalue weighted by atomic mass is 31.1. The average Bonchev–Trinajstić information content (AvgIpc) is 3.16. The summed E-state index contributed by atoms with van der Waals surface area (Å²) in [5, 5.41) is 2.43. The molecule has 0 amide bonds. The molecule has 2 atom stereocenters. The van der Waals surface area contributed by atoms with Crippen molar-refractivity contribution in [2.45, 2.75) is 71.0 Å². The SMILES string of the molecule is CC[C@@]1(O[P+](=O)O)C(=O)OCc2c1cc1n(c2=O)Cc2c-1nc1ccccc1c2[Si](C)(C)C(C)(C)C. The summed E-state index contributed by atoms with van der Waals surface area (Å²) in [4.78, 5) is 41.2. The average molecular weight is 526 g/mol. The summed E-state index contributed by atoms with van der Waals surface area (Å²) in [7, 11) is -5.21. The van der Waals surface area contributed by atoms with Crippen molar-refractivity contribution in [3.63, 3.8) is 0 Å². The number of nitrogens with zero attached hydrogens (tertiary/aromatic N) is 2. The molecule has 8 nitrogen and oxygen atoms in total. The van der Waals surface area contributed by atoms with Gasteiger partial charge in [-0.3, -0.25) is 4.79 Å². The molecule has 0 saturated heterocycles. The predicted octanol–water partition coefficient (Wildman–Crippen LogP) is 4.47. The number of carbonyl (C=O) groups is 1. The zero-order valence-corrected chi connectivity index (χ0v) is 23.2. The molecule has 2 aromatic heterocycles. The molecule has 1 N–H and O–H groups in total. The third-order valence-corrected chi connectivity index (χ3v) is 14.3. The smallest absolute Gasteiger partial charge is 0.458 e. The van der Waals surface area contributed by atoms with Gasteiger partial charge in [0.25, 0.3) is 5.56 Å². The van der Waals surface area contributed by atoms with Crippen LogP contribution in [0.5, 0.6) is 0 Å². The van der Waals surface area contributed by atoms with E-state index in [2.05, 4.69) is 39.9 Å². The molecule has 188 valence electrons. The van der Waals surface area contributed by atoms with Crippen LogP contribution >= 0.6 is 8.25 Å². The Morgan fingerprint density at radius 1 is 1.22 bits per heavy atom. The molecule has 2 aliphatic rings. The van der Waals surface area contributed by atoms with Crippen LogP contribution < -0.4 is 10.7 Å². The van der Waals surface area contributed by atoms with Gasteiger partial charge in [0.05, 0.1) is 37.1 Å². The number of carbonyl (C=O) groups excluding carboxylic acids is 1. The number of para-hydroxylation sites is 1. The normalized spacial score (nSPS) is 19.5. The van der Waals surface area contributed by atoms with Gasteiger partial charge < -0.3 is 9.30 Å². The van der Waals surface area contributed by atoms with E-state index in [1.165, 1.54) is 5.19 Å². The first-order chi connectivity index (χ1) is 16.8. The molecule has 3 aromatic rings. The van der Waals surface area contributed by atoms with Crippen LogP contribution in [-0.4, -0.2) is 28.5 Å². The van der Waals surface area contributed by atoms with Crippen molar-refractivity contribution in [2.75, 3.05) is 0 Å². The number of aromatic nitrogens is 2. The van der Waals surface area contributed by atoms with Crippen LogP contribution in [0.4, 0.5) is 0 Å². The maximum atomic E-state index is 13.8. The Kier molecular flexibility index (Phi) is 5.65. The lowest BCUT2D eigenvalue weighted by Crippen LogP contribution is -2.51. The molecule has 0 spiro atoms. The zero-order chi connectivity index (χ0) is 26.2. The molecule has 36 heavy (non-hydrogen) atoms. The highest BCUT2D eigenvalue weighted by Gasteiger charge is 2.54. The van der Waals surface area contributed by atoms with Crippen molar-refractivity contribution in [2.24, 2.45) is 0 Å². The van der Waals surface area contributed by atoms with Gasteiger partial charge in [0.15, 0.2) is 0 Å². The Labute approximate surface area is 211 Å². The molecule has 0 aliphatic carbocycles. The first kappa shape index (κ1) is 25.0. The van der Waals surface area contributed by atoms with E-state index in [-0.39, 0.29) is 34.8 Å². The molecule has 2 aliphatic heterocycles. The summed E-state index contributed by atoms with van der Waals surface area (Å²) < 4.78 is 24.0. The summed E-state index contributed by atoms with van der Waals surface area (Å²) in [6, 6.07) is 9.80. The second kappa shape index (κ2) is 8.15. The maximum Gasteiger partial charge on any atom is 0.696 e. The first-order valence-electron chi connectivity index (χ1n) is 12.1. The molecular formula is C26H30N2O6PSi+. The van der Waals surface area contributed by atoms with Gasteiger partial charge in [-0.2, -0.15) is 0 Å². The van der Waals surface area contributed by atoms with Crippen molar-refractivity contribution in [1.82, 2.24) is 9.55 Å². The molecule has 10 heteroatoms. The van der Waals surface area contributed by atoms with E-state index in [4.69, 9.17) is 14.2 Å². The fraction of sp³-hybridized carbons (Fsp3) is 0.423. The van der Waals surface area contributed by atoms with Crippen molar-refractivity contribution < 1.29 is 23.5 Å². The van der Waals surface area contributed by atoms with E-state index in [0.717, 1.165) is 16.5 Å². The van der Waals surface area contributed by atoms with Crippen LogP contribution in [0.3, 0.4) is 0 Å². The number of ether oxygens (including phenoxy) is 1. The summed E-state index contributed by atoms with van der Waals surface area (Å²) in [5.74, 6) is -0.772. The van der Waals surface area contributed by atoms with Crippen LogP contribution in [0.15, 0.2) is 35.1 Å². The molecule has 5 rings (SSSR count). The van der Waals surface area contributed by atoms with E-state index in [9.17, 15) is 19.0 Å². The van der Waals surface area contributed by atoms with Crippen LogP contribution in [0.25, 0.3) is 22.3 Å². The Hall–Kier alpha value is -2.71. The van der Waals surface area contributed by atoms with Gasteiger partial charge >= 0.3 is 14.2 Å². The van der Waals surface area contributed by atoms with Crippen LogP contribution in [0, 0.1) is 0 Å². The van der Waals surface area contributed by atoms with Crippen LogP contribution in [0.2, 0.25) is 18.1 Å². The number of fused-ring (bicyclic) bond motifs is 5. The number of rotatable bonds is 4. The van der Waals surface area contributed by atoms with E-state index < -0.39 is 27.9 Å². The van der Waals surface area contributed by atoms with E-state index in [1.807, 2.05) is 18.2 Å². The van der Waals surface area contributed by atoms with Gasteiger partial charge in [0.2, 0.25) is 5.60 Å². The van der Waals surface area contributed by atoms with Crippen LogP contribution in [-0.2, 0) is 37.4 Å². The van der Waals surface area contributed by atoms with Crippen LogP contribution in [0.1, 0.15) is 50.8 Å². The summed E-state index contributed by atoms with van der Waals surface area (Å²) >= 11 is 0. The number of hydrogen-bond donors (Lipinski definition) is 1. The minimum absolute atomic E-state index is 0.0383. The van der Waals surface area contributed by atoms with Crippen molar-refractivity contribution in [3.8, 4) is 11.4 Å². The fourth-order valence-corrected chi connectivity index (χ4v) is 8.55. The Balaban J connectivity index is 1.86. The third kappa shape index (κ3) is 3.37. The highest BCUT2D eigenvalue weighted by molar-refractivity contribution is 7.32. The Morgan fingerprint density at radius 3 is 2.56 bits per heavy atom. The number of pyridine rings is 2. The molecule has 4 heterocycles.